The van der Waals surface area contributed by atoms with E-state index in [9.17, 15) is 0 Å². The number of anilines is 1. The van der Waals surface area contributed by atoms with Crippen LogP contribution in [0.25, 0.3) is 0 Å². The van der Waals surface area contributed by atoms with Gasteiger partial charge in [-0.3, -0.25) is 0 Å². The van der Waals surface area contributed by atoms with E-state index < -0.39 is 0 Å². The smallest absolute Gasteiger partial charge is 0.203 e. The van der Waals surface area contributed by atoms with E-state index >= 15 is 0 Å². The Labute approximate surface area is 109 Å². The molecular formula is C11H16N4S2. The Morgan fingerprint density at radius 3 is 2.59 bits per heavy atom. The molecule has 2 heterocycles. The van der Waals surface area contributed by atoms with E-state index in [1.807, 2.05) is 6.20 Å². The zero-order chi connectivity index (χ0) is 12.4. The Bertz CT molecular complexity index is 489. The molecule has 0 radical (unpaired) electrons. The Kier molecular flexibility index (Phi) is 3.73. The molecule has 4 nitrogen and oxygen atoms in total. The Morgan fingerprint density at radius 1 is 1.29 bits per heavy atom. The number of aromatic nitrogens is 3. The highest BCUT2D eigenvalue weighted by Crippen LogP contribution is 2.25. The summed E-state index contributed by atoms with van der Waals surface area (Å²) in [5.74, 6) is 1.28. The predicted molar refractivity (Wildman–Crippen MR) is 72.9 cm³/mol. The van der Waals surface area contributed by atoms with E-state index in [1.165, 1.54) is 16.4 Å². The summed E-state index contributed by atoms with van der Waals surface area (Å²) in [5, 5.41) is 5.30. The number of rotatable bonds is 4. The van der Waals surface area contributed by atoms with Gasteiger partial charge in [-0.2, -0.15) is 4.37 Å². The molecule has 0 saturated carbocycles. The molecule has 2 aromatic rings. The van der Waals surface area contributed by atoms with Crippen molar-refractivity contribution in [3.8, 4) is 0 Å². The van der Waals surface area contributed by atoms with E-state index in [2.05, 4.69) is 47.4 Å². The minimum atomic E-state index is 0.182. The van der Waals surface area contributed by atoms with Gasteiger partial charge in [0.25, 0.3) is 0 Å². The summed E-state index contributed by atoms with van der Waals surface area (Å²) in [4.78, 5) is 10.1. The second-order valence-corrected chi connectivity index (χ2v) is 6.31. The number of hydrogen-bond donors (Lipinski definition) is 1. The summed E-state index contributed by atoms with van der Waals surface area (Å²) in [5.41, 5.74) is 0. The van der Waals surface area contributed by atoms with Gasteiger partial charge in [0.1, 0.15) is 10.8 Å². The second-order valence-electron chi connectivity index (χ2n) is 4.29. The van der Waals surface area contributed by atoms with Crippen LogP contribution in [0, 0.1) is 6.92 Å². The third-order valence-corrected chi connectivity index (χ3v) is 4.06. The predicted octanol–water partition coefficient (Wildman–Crippen LogP) is 3.60. The normalized spacial score (nSPS) is 13.0. The molecule has 2 rings (SSSR count). The van der Waals surface area contributed by atoms with E-state index in [-0.39, 0.29) is 6.04 Å². The first-order chi connectivity index (χ1) is 8.06. The van der Waals surface area contributed by atoms with Crippen LogP contribution >= 0.6 is 22.9 Å². The van der Waals surface area contributed by atoms with Crippen molar-refractivity contribution in [2.45, 2.75) is 39.7 Å². The minimum Gasteiger partial charge on any atom is -0.351 e. The van der Waals surface area contributed by atoms with Crippen LogP contribution < -0.4 is 5.32 Å². The average Bonchev–Trinajstić information content (AvgIpc) is 2.86. The van der Waals surface area contributed by atoms with E-state index in [0.717, 1.165) is 16.0 Å². The van der Waals surface area contributed by atoms with Crippen molar-refractivity contribution in [2.75, 3.05) is 5.32 Å². The molecule has 0 aliphatic rings. The van der Waals surface area contributed by atoms with Gasteiger partial charge in [0.15, 0.2) is 0 Å². The lowest BCUT2D eigenvalue weighted by molar-refractivity contribution is 0.794. The first-order valence-corrected chi connectivity index (χ1v) is 7.17. The summed E-state index contributed by atoms with van der Waals surface area (Å²) >= 11 is 3.12. The Balaban J connectivity index is 2.05. The number of nitrogens with one attached hydrogen (secondary N) is 1. The molecule has 17 heavy (non-hydrogen) atoms. The third kappa shape index (κ3) is 3.01. The minimum absolute atomic E-state index is 0.182. The fourth-order valence-corrected chi connectivity index (χ4v) is 2.92. The molecule has 2 aromatic heterocycles. The summed E-state index contributed by atoms with van der Waals surface area (Å²) in [7, 11) is 0. The molecule has 92 valence electrons. The fraction of sp³-hybridized carbons (Fsp3) is 0.545. The van der Waals surface area contributed by atoms with Crippen LogP contribution in [0.15, 0.2) is 6.20 Å². The zero-order valence-electron chi connectivity index (χ0n) is 10.4. The van der Waals surface area contributed by atoms with Crippen molar-refractivity contribution in [3.63, 3.8) is 0 Å². The van der Waals surface area contributed by atoms with Gasteiger partial charge in [-0.1, -0.05) is 13.8 Å². The first kappa shape index (κ1) is 12.4. The van der Waals surface area contributed by atoms with Crippen LogP contribution in [-0.2, 0) is 0 Å². The maximum atomic E-state index is 4.46. The lowest BCUT2D eigenvalue weighted by Crippen LogP contribution is -2.05. The number of thiazole rings is 1. The van der Waals surface area contributed by atoms with Crippen LogP contribution in [0.2, 0.25) is 0 Å². The third-order valence-electron chi connectivity index (χ3n) is 2.31. The van der Waals surface area contributed by atoms with Gasteiger partial charge < -0.3 is 5.32 Å². The molecule has 1 atom stereocenters. The van der Waals surface area contributed by atoms with Crippen LogP contribution in [-0.4, -0.2) is 14.3 Å². The van der Waals surface area contributed by atoms with Crippen molar-refractivity contribution >= 4 is 28.0 Å². The maximum Gasteiger partial charge on any atom is 0.203 e. The lowest BCUT2D eigenvalue weighted by atomic mass is 10.2. The molecule has 0 amide bonds. The molecule has 1 N–H and O–H groups in total. The number of hydrogen-bond acceptors (Lipinski definition) is 6. The monoisotopic (exact) mass is 268 g/mol. The second kappa shape index (κ2) is 5.10. The quantitative estimate of drug-likeness (QED) is 0.920. The van der Waals surface area contributed by atoms with E-state index in [1.54, 1.807) is 11.3 Å². The highest BCUT2D eigenvalue weighted by molar-refractivity contribution is 7.11. The lowest BCUT2D eigenvalue weighted by Gasteiger charge is -2.08. The van der Waals surface area contributed by atoms with Crippen LogP contribution in [0.1, 0.15) is 48.4 Å². The van der Waals surface area contributed by atoms with Gasteiger partial charge in [-0.15, -0.1) is 11.3 Å². The molecule has 1 unspecified atom stereocenters. The highest BCUT2D eigenvalue weighted by Gasteiger charge is 2.13. The zero-order valence-corrected chi connectivity index (χ0v) is 12.0. The SMILES string of the molecule is Cc1cnc(C(C)Nc2nc(C(C)C)ns2)s1. The maximum absolute atomic E-state index is 4.46. The van der Waals surface area contributed by atoms with Gasteiger partial charge in [-0.25, -0.2) is 9.97 Å². The van der Waals surface area contributed by atoms with Gasteiger partial charge in [0.05, 0.1) is 6.04 Å². The molecule has 0 aliphatic carbocycles. The van der Waals surface area contributed by atoms with Crippen LogP contribution in [0.4, 0.5) is 5.13 Å². The van der Waals surface area contributed by atoms with E-state index in [0.29, 0.717) is 5.92 Å². The molecular weight excluding hydrogens is 252 g/mol. The summed E-state index contributed by atoms with van der Waals surface area (Å²) in [6.07, 6.45) is 1.90. The highest BCUT2D eigenvalue weighted by atomic mass is 32.1. The summed E-state index contributed by atoms with van der Waals surface area (Å²) in [6.45, 7) is 8.35. The van der Waals surface area contributed by atoms with Crippen molar-refractivity contribution in [2.24, 2.45) is 0 Å². The van der Waals surface area contributed by atoms with Gasteiger partial charge in [0, 0.05) is 28.5 Å². The molecule has 0 aromatic carbocycles. The van der Waals surface area contributed by atoms with Gasteiger partial charge >= 0.3 is 0 Å². The van der Waals surface area contributed by atoms with Crippen molar-refractivity contribution in [1.82, 2.24) is 14.3 Å². The standard InChI is InChI=1S/C11H16N4S2/c1-6(2)9-14-11(17-15-9)13-8(4)10-12-5-7(3)16-10/h5-6,8H,1-4H3,(H,13,14,15). The number of nitrogens with zero attached hydrogens (tertiary/aromatic N) is 3. The van der Waals surface area contributed by atoms with Crippen molar-refractivity contribution in [1.29, 1.82) is 0 Å². The molecule has 0 bridgehead atoms. The van der Waals surface area contributed by atoms with Crippen LogP contribution in [0.5, 0.6) is 0 Å². The largest absolute Gasteiger partial charge is 0.351 e. The first-order valence-electron chi connectivity index (χ1n) is 5.58. The number of aryl methyl sites for hydroxylation is 1. The molecule has 0 fully saturated rings. The van der Waals surface area contributed by atoms with Crippen molar-refractivity contribution < 1.29 is 0 Å². The van der Waals surface area contributed by atoms with E-state index in [4.69, 9.17) is 0 Å². The molecule has 0 spiro atoms. The topological polar surface area (TPSA) is 50.7 Å². The summed E-state index contributed by atoms with van der Waals surface area (Å²) in [6, 6.07) is 0.182. The molecule has 0 aliphatic heterocycles. The Hall–Kier alpha value is -1.01. The molecule has 6 heteroatoms. The van der Waals surface area contributed by atoms with Gasteiger partial charge in [-0.05, 0) is 13.8 Å². The summed E-state index contributed by atoms with van der Waals surface area (Å²) < 4.78 is 4.32. The average molecular weight is 268 g/mol. The Morgan fingerprint density at radius 2 is 2.06 bits per heavy atom. The van der Waals surface area contributed by atoms with Crippen molar-refractivity contribution in [3.05, 3.63) is 21.9 Å². The molecule has 0 saturated heterocycles. The van der Waals surface area contributed by atoms with Gasteiger partial charge in [0.2, 0.25) is 5.13 Å². The van der Waals surface area contributed by atoms with Crippen LogP contribution in [0.3, 0.4) is 0 Å². The fourth-order valence-electron chi connectivity index (χ4n) is 1.35.